The molecule has 2 atom stereocenters. The van der Waals surface area contributed by atoms with Crippen LogP contribution in [-0.2, 0) is 0 Å². The van der Waals surface area contributed by atoms with Crippen LogP contribution in [0.5, 0.6) is 0 Å². The second-order valence-corrected chi connectivity index (χ2v) is 5.38. The quantitative estimate of drug-likeness (QED) is 0.586. The molecule has 1 aliphatic rings. The first-order valence-electron chi connectivity index (χ1n) is 4.09. The molecule has 2 heteroatoms. The van der Waals surface area contributed by atoms with E-state index in [1.54, 1.807) is 0 Å². The van der Waals surface area contributed by atoms with E-state index in [1.807, 2.05) is 0 Å². The van der Waals surface area contributed by atoms with Crippen molar-refractivity contribution in [1.29, 1.82) is 0 Å². The second-order valence-electron chi connectivity index (χ2n) is 3.02. The first-order valence-corrected chi connectivity index (χ1v) is 5.92. The Morgan fingerprint density at radius 2 is 1.10 bits per heavy atom. The highest BCUT2D eigenvalue weighted by molar-refractivity contribution is 9.12. The van der Waals surface area contributed by atoms with Gasteiger partial charge in [0.2, 0.25) is 0 Å². The summed E-state index contributed by atoms with van der Waals surface area (Å²) >= 11 is 7.38. The van der Waals surface area contributed by atoms with Gasteiger partial charge in [-0.2, -0.15) is 0 Å². The van der Waals surface area contributed by atoms with Crippen LogP contribution >= 0.6 is 31.9 Å². The molecule has 0 spiro atoms. The summed E-state index contributed by atoms with van der Waals surface area (Å²) in [5, 5.41) is 0. The van der Waals surface area contributed by atoms with E-state index in [0.717, 1.165) is 0 Å². The van der Waals surface area contributed by atoms with Crippen LogP contribution < -0.4 is 0 Å². The molecule has 1 aliphatic carbocycles. The van der Waals surface area contributed by atoms with Crippen LogP contribution in [0, 0.1) is 0 Å². The van der Waals surface area contributed by atoms with Gasteiger partial charge in [-0.15, -0.1) is 0 Å². The molecule has 0 nitrogen and oxygen atoms in total. The van der Waals surface area contributed by atoms with Crippen LogP contribution in [0.15, 0.2) is 0 Å². The summed E-state index contributed by atoms with van der Waals surface area (Å²) in [7, 11) is 0. The minimum Gasteiger partial charge on any atom is -0.0879 e. The van der Waals surface area contributed by atoms with Crippen molar-refractivity contribution in [2.75, 3.05) is 0 Å². The molecule has 0 saturated heterocycles. The van der Waals surface area contributed by atoms with Crippen LogP contribution in [0.2, 0.25) is 0 Å². The van der Waals surface area contributed by atoms with Gasteiger partial charge in [-0.1, -0.05) is 57.5 Å². The Hall–Kier alpha value is 0.960. The summed E-state index contributed by atoms with van der Waals surface area (Å²) in [5.74, 6) is 0. The Bertz CT molecular complexity index is 81.3. The van der Waals surface area contributed by atoms with Crippen LogP contribution in [0.25, 0.3) is 0 Å². The van der Waals surface area contributed by atoms with Gasteiger partial charge in [0.15, 0.2) is 0 Å². The first kappa shape index (κ1) is 9.05. The van der Waals surface area contributed by atoms with Gasteiger partial charge in [0, 0.05) is 9.65 Å². The fourth-order valence-corrected chi connectivity index (χ4v) is 2.57. The Labute approximate surface area is 80.0 Å². The van der Waals surface area contributed by atoms with Gasteiger partial charge in [-0.3, -0.25) is 0 Å². The largest absolute Gasteiger partial charge is 0.0879 e. The molecule has 0 aromatic heterocycles. The van der Waals surface area contributed by atoms with Gasteiger partial charge in [0.1, 0.15) is 0 Å². The zero-order chi connectivity index (χ0) is 7.40. The molecule has 1 fully saturated rings. The smallest absolute Gasteiger partial charge is 0.0271 e. The molecular formula is C8H14Br2. The lowest BCUT2D eigenvalue weighted by molar-refractivity contribution is 0.529. The summed E-state index contributed by atoms with van der Waals surface area (Å²) in [6, 6.07) is 0. The number of hydrogen-bond acceptors (Lipinski definition) is 0. The molecule has 0 aliphatic heterocycles. The summed E-state index contributed by atoms with van der Waals surface area (Å²) < 4.78 is 0. The lowest BCUT2D eigenvalue weighted by atomic mass is 10.0. The van der Waals surface area contributed by atoms with E-state index < -0.39 is 0 Å². The van der Waals surface area contributed by atoms with Crippen LogP contribution in [-0.4, -0.2) is 9.65 Å². The first-order chi connectivity index (χ1) is 4.80. The zero-order valence-electron chi connectivity index (χ0n) is 6.15. The highest BCUT2D eigenvalue weighted by atomic mass is 79.9. The van der Waals surface area contributed by atoms with Crippen molar-refractivity contribution in [1.82, 2.24) is 0 Å². The van der Waals surface area contributed by atoms with Crippen molar-refractivity contribution in [3.63, 3.8) is 0 Å². The molecule has 0 bridgehead atoms. The highest BCUT2D eigenvalue weighted by Gasteiger charge is 2.16. The molecule has 0 unspecified atom stereocenters. The van der Waals surface area contributed by atoms with Crippen molar-refractivity contribution in [2.45, 2.75) is 48.2 Å². The standard InChI is InChI=1S/C8H14Br2/c9-7-5-3-1-2-4-6-8(7)10/h7-8H,1-6H2/t7-,8-/m1/s1. The van der Waals surface area contributed by atoms with Crippen molar-refractivity contribution < 1.29 is 0 Å². The fraction of sp³-hybridized carbons (Fsp3) is 1.00. The molecule has 60 valence electrons. The molecule has 1 saturated carbocycles. The normalized spacial score (nSPS) is 36.6. The number of halogens is 2. The van der Waals surface area contributed by atoms with Crippen LogP contribution in [0.3, 0.4) is 0 Å². The molecule has 0 radical (unpaired) electrons. The second kappa shape index (κ2) is 4.76. The van der Waals surface area contributed by atoms with Crippen molar-refractivity contribution in [3.8, 4) is 0 Å². The maximum absolute atomic E-state index is 3.69. The van der Waals surface area contributed by atoms with E-state index in [-0.39, 0.29) is 0 Å². The minimum absolute atomic E-state index is 0.716. The molecule has 0 amide bonds. The van der Waals surface area contributed by atoms with Gasteiger partial charge in [-0.05, 0) is 12.8 Å². The predicted molar refractivity (Wildman–Crippen MR) is 53.1 cm³/mol. The van der Waals surface area contributed by atoms with E-state index in [1.165, 1.54) is 38.5 Å². The van der Waals surface area contributed by atoms with Gasteiger partial charge < -0.3 is 0 Å². The average molecular weight is 270 g/mol. The Balaban J connectivity index is 2.28. The van der Waals surface area contributed by atoms with E-state index in [0.29, 0.717) is 9.65 Å². The summed E-state index contributed by atoms with van der Waals surface area (Å²) in [6.07, 6.45) is 8.35. The molecular weight excluding hydrogens is 256 g/mol. The monoisotopic (exact) mass is 268 g/mol. The average Bonchev–Trinajstić information content (AvgIpc) is 1.92. The van der Waals surface area contributed by atoms with Crippen molar-refractivity contribution in [2.24, 2.45) is 0 Å². The molecule has 1 rings (SSSR count). The molecule has 0 aromatic rings. The zero-order valence-corrected chi connectivity index (χ0v) is 9.33. The molecule has 10 heavy (non-hydrogen) atoms. The summed E-state index contributed by atoms with van der Waals surface area (Å²) in [6.45, 7) is 0. The fourth-order valence-electron chi connectivity index (χ4n) is 1.39. The topological polar surface area (TPSA) is 0 Å². The third-order valence-corrected chi connectivity index (χ3v) is 5.00. The highest BCUT2D eigenvalue weighted by Crippen LogP contribution is 2.27. The minimum atomic E-state index is 0.716. The lowest BCUT2D eigenvalue weighted by Gasteiger charge is -2.19. The van der Waals surface area contributed by atoms with Crippen molar-refractivity contribution >= 4 is 31.9 Å². The maximum Gasteiger partial charge on any atom is 0.0271 e. The third kappa shape index (κ3) is 2.91. The summed E-state index contributed by atoms with van der Waals surface area (Å²) in [4.78, 5) is 1.43. The van der Waals surface area contributed by atoms with Crippen LogP contribution in [0.1, 0.15) is 38.5 Å². The SMILES string of the molecule is Br[C@@H]1CCCCCC[C@H]1Br. The van der Waals surface area contributed by atoms with E-state index >= 15 is 0 Å². The number of rotatable bonds is 0. The van der Waals surface area contributed by atoms with Gasteiger partial charge in [0.25, 0.3) is 0 Å². The predicted octanol–water partition coefficient (Wildman–Crippen LogP) is 3.87. The van der Waals surface area contributed by atoms with E-state index in [4.69, 9.17) is 0 Å². The van der Waals surface area contributed by atoms with Crippen LogP contribution in [0.4, 0.5) is 0 Å². The molecule has 0 aromatic carbocycles. The number of hydrogen-bond donors (Lipinski definition) is 0. The lowest BCUT2D eigenvalue weighted by Crippen LogP contribution is -2.15. The van der Waals surface area contributed by atoms with Gasteiger partial charge in [-0.25, -0.2) is 0 Å². The third-order valence-electron chi connectivity index (χ3n) is 2.10. The molecule has 0 heterocycles. The Morgan fingerprint density at radius 1 is 0.700 bits per heavy atom. The van der Waals surface area contributed by atoms with E-state index in [2.05, 4.69) is 31.9 Å². The van der Waals surface area contributed by atoms with Gasteiger partial charge >= 0.3 is 0 Å². The number of alkyl halides is 2. The van der Waals surface area contributed by atoms with Crippen molar-refractivity contribution in [3.05, 3.63) is 0 Å². The molecule has 0 N–H and O–H groups in total. The Morgan fingerprint density at radius 3 is 1.50 bits per heavy atom. The van der Waals surface area contributed by atoms with E-state index in [9.17, 15) is 0 Å². The summed E-state index contributed by atoms with van der Waals surface area (Å²) in [5.41, 5.74) is 0. The Kier molecular flexibility index (Phi) is 4.31. The maximum atomic E-state index is 3.69. The van der Waals surface area contributed by atoms with Gasteiger partial charge in [0.05, 0.1) is 0 Å².